The predicted molar refractivity (Wildman–Crippen MR) is 130 cm³/mol. The maximum atomic E-state index is 12.5. The summed E-state index contributed by atoms with van der Waals surface area (Å²) in [5, 5.41) is 6.71. The highest BCUT2D eigenvalue weighted by atomic mass is 16.5. The number of guanidine groups is 1. The fourth-order valence-corrected chi connectivity index (χ4v) is 3.42. The van der Waals surface area contributed by atoms with E-state index in [0.717, 1.165) is 41.9 Å². The van der Waals surface area contributed by atoms with Crippen molar-refractivity contribution in [1.82, 2.24) is 15.5 Å². The highest BCUT2D eigenvalue weighted by Gasteiger charge is 2.22. The summed E-state index contributed by atoms with van der Waals surface area (Å²) in [5.41, 5.74) is 2.90. The molecule has 2 N–H and O–H groups in total. The number of nitrogens with zero attached hydrogens (tertiary/aromatic N) is 2. The molecule has 0 atom stereocenters. The molecule has 2 aromatic carbocycles. The Balaban J connectivity index is 1.58. The summed E-state index contributed by atoms with van der Waals surface area (Å²) >= 11 is 0. The lowest BCUT2D eigenvalue weighted by atomic mass is 10.1. The van der Waals surface area contributed by atoms with Gasteiger partial charge in [-0.15, -0.1) is 0 Å². The van der Waals surface area contributed by atoms with E-state index in [0.29, 0.717) is 31.7 Å². The fourth-order valence-electron chi connectivity index (χ4n) is 3.42. The summed E-state index contributed by atoms with van der Waals surface area (Å²) in [7, 11) is 0. The van der Waals surface area contributed by atoms with E-state index >= 15 is 0 Å². The van der Waals surface area contributed by atoms with Crippen LogP contribution in [-0.4, -0.2) is 43.0 Å². The molecule has 0 radical (unpaired) electrons. The van der Waals surface area contributed by atoms with Crippen LogP contribution >= 0.6 is 0 Å². The molecule has 0 unspecified atom stereocenters. The molecule has 0 aromatic heterocycles. The first-order valence-corrected chi connectivity index (χ1v) is 11.8. The van der Waals surface area contributed by atoms with E-state index in [1.165, 1.54) is 12.8 Å². The molecule has 3 rings (SSSR count). The molecular formula is C26H36N4O2. The fraction of sp³-hybridized carbons (Fsp3) is 0.462. The van der Waals surface area contributed by atoms with Gasteiger partial charge in [0, 0.05) is 37.3 Å². The van der Waals surface area contributed by atoms with Gasteiger partial charge >= 0.3 is 0 Å². The number of carbonyl (C=O) groups is 1. The minimum Gasteiger partial charge on any atom is -0.493 e. The number of rotatable bonds is 11. The Kier molecular flexibility index (Phi) is 8.96. The largest absolute Gasteiger partial charge is 0.493 e. The van der Waals surface area contributed by atoms with Crippen LogP contribution in [0.15, 0.2) is 53.5 Å². The van der Waals surface area contributed by atoms with Crippen LogP contribution in [-0.2, 0) is 13.1 Å². The third kappa shape index (κ3) is 7.01. The Labute approximate surface area is 192 Å². The van der Waals surface area contributed by atoms with E-state index in [2.05, 4.69) is 23.6 Å². The quantitative estimate of drug-likeness (QED) is 0.409. The molecular weight excluding hydrogens is 400 g/mol. The number of para-hydroxylation sites is 1. The lowest BCUT2D eigenvalue weighted by molar-refractivity contribution is 0.0773. The molecule has 1 aliphatic rings. The van der Waals surface area contributed by atoms with Crippen LogP contribution < -0.4 is 15.4 Å². The lowest BCUT2D eigenvalue weighted by Gasteiger charge is -2.18. The summed E-state index contributed by atoms with van der Waals surface area (Å²) in [6.07, 6.45) is 2.56. The van der Waals surface area contributed by atoms with Crippen LogP contribution in [0.1, 0.15) is 55.1 Å². The second kappa shape index (κ2) is 12.1. The van der Waals surface area contributed by atoms with Crippen LogP contribution in [0, 0.1) is 5.92 Å². The van der Waals surface area contributed by atoms with Gasteiger partial charge in [0.05, 0.1) is 13.2 Å². The zero-order chi connectivity index (χ0) is 22.8. The first-order chi connectivity index (χ1) is 15.6. The number of carbonyl (C=O) groups excluding carboxylic acids is 1. The topological polar surface area (TPSA) is 66.0 Å². The number of amides is 1. The molecule has 0 saturated heterocycles. The molecule has 1 saturated carbocycles. The van der Waals surface area contributed by atoms with Gasteiger partial charge in [-0.1, -0.05) is 30.3 Å². The van der Waals surface area contributed by atoms with Crippen molar-refractivity contribution in [3.8, 4) is 5.75 Å². The number of aliphatic imine (C=N–C) groups is 1. The molecule has 6 heteroatoms. The second-order valence-corrected chi connectivity index (χ2v) is 8.09. The normalized spacial score (nSPS) is 13.5. The maximum Gasteiger partial charge on any atom is 0.253 e. The highest BCUT2D eigenvalue weighted by molar-refractivity contribution is 5.94. The van der Waals surface area contributed by atoms with Crippen molar-refractivity contribution in [2.24, 2.45) is 10.9 Å². The number of hydrogen-bond donors (Lipinski definition) is 2. The average Bonchev–Trinajstić information content (AvgIpc) is 3.66. The van der Waals surface area contributed by atoms with Crippen molar-refractivity contribution < 1.29 is 9.53 Å². The van der Waals surface area contributed by atoms with Gasteiger partial charge in [-0.05, 0) is 63.3 Å². The summed E-state index contributed by atoms with van der Waals surface area (Å²) in [6.45, 7) is 10.2. The first kappa shape index (κ1) is 23.6. The monoisotopic (exact) mass is 436 g/mol. The average molecular weight is 437 g/mol. The number of hydrogen-bond acceptors (Lipinski definition) is 3. The summed E-state index contributed by atoms with van der Waals surface area (Å²) in [6, 6.07) is 15.9. The molecule has 0 heterocycles. The van der Waals surface area contributed by atoms with E-state index in [1.54, 1.807) is 0 Å². The summed E-state index contributed by atoms with van der Waals surface area (Å²) < 4.78 is 6.01. The number of nitrogens with one attached hydrogen (secondary N) is 2. The van der Waals surface area contributed by atoms with E-state index in [1.807, 2.05) is 61.2 Å². The standard InChI is InChI=1S/C26H36N4O2/c1-4-27-26(29-18-23-9-7-8-10-24(23)32-19-21-11-12-21)28-17-20-13-15-22(16-14-20)25(31)30(5-2)6-3/h7-10,13-16,21H,4-6,11-12,17-19H2,1-3H3,(H2,27,28,29). The van der Waals surface area contributed by atoms with E-state index < -0.39 is 0 Å². The van der Waals surface area contributed by atoms with E-state index in [4.69, 9.17) is 9.73 Å². The Morgan fingerprint density at radius 1 is 1.03 bits per heavy atom. The molecule has 2 aromatic rings. The van der Waals surface area contributed by atoms with Gasteiger partial charge in [0.2, 0.25) is 0 Å². The second-order valence-electron chi connectivity index (χ2n) is 8.09. The van der Waals surface area contributed by atoms with Gasteiger partial charge in [0.1, 0.15) is 5.75 Å². The zero-order valence-corrected chi connectivity index (χ0v) is 19.6. The van der Waals surface area contributed by atoms with Crippen LogP contribution in [0.3, 0.4) is 0 Å². The predicted octanol–water partition coefficient (Wildman–Crippen LogP) is 4.21. The minimum absolute atomic E-state index is 0.0719. The Morgan fingerprint density at radius 2 is 1.75 bits per heavy atom. The van der Waals surface area contributed by atoms with Crippen molar-refractivity contribution >= 4 is 11.9 Å². The molecule has 0 spiro atoms. The molecule has 6 nitrogen and oxygen atoms in total. The van der Waals surface area contributed by atoms with Crippen molar-refractivity contribution in [3.05, 3.63) is 65.2 Å². The molecule has 1 amide bonds. The zero-order valence-electron chi connectivity index (χ0n) is 19.6. The minimum atomic E-state index is 0.0719. The van der Waals surface area contributed by atoms with Crippen LogP contribution in [0.25, 0.3) is 0 Å². The van der Waals surface area contributed by atoms with Crippen molar-refractivity contribution in [1.29, 1.82) is 0 Å². The highest BCUT2D eigenvalue weighted by Crippen LogP contribution is 2.30. The van der Waals surface area contributed by atoms with Crippen LogP contribution in [0.4, 0.5) is 0 Å². The van der Waals surface area contributed by atoms with Crippen molar-refractivity contribution in [3.63, 3.8) is 0 Å². The van der Waals surface area contributed by atoms with Gasteiger partial charge in [-0.3, -0.25) is 4.79 Å². The van der Waals surface area contributed by atoms with Crippen molar-refractivity contribution in [2.45, 2.75) is 46.7 Å². The first-order valence-electron chi connectivity index (χ1n) is 11.8. The third-order valence-electron chi connectivity index (χ3n) is 5.61. The molecule has 1 aliphatic carbocycles. The number of benzene rings is 2. The van der Waals surface area contributed by atoms with E-state index in [9.17, 15) is 4.79 Å². The van der Waals surface area contributed by atoms with Gasteiger partial charge in [-0.25, -0.2) is 4.99 Å². The lowest BCUT2D eigenvalue weighted by Crippen LogP contribution is -2.36. The van der Waals surface area contributed by atoms with Gasteiger partial charge in [0.25, 0.3) is 5.91 Å². The van der Waals surface area contributed by atoms with Gasteiger partial charge in [-0.2, -0.15) is 0 Å². The maximum absolute atomic E-state index is 12.5. The Hall–Kier alpha value is -3.02. The molecule has 172 valence electrons. The smallest absolute Gasteiger partial charge is 0.253 e. The van der Waals surface area contributed by atoms with Crippen LogP contribution in [0.5, 0.6) is 5.75 Å². The molecule has 0 aliphatic heterocycles. The van der Waals surface area contributed by atoms with E-state index in [-0.39, 0.29) is 5.91 Å². The van der Waals surface area contributed by atoms with Crippen molar-refractivity contribution in [2.75, 3.05) is 26.2 Å². The Bertz CT molecular complexity index is 887. The summed E-state index contributed by atoms with van der Waals surface area (Å²) in [5.74, 6) is 2.50. The number of ether oxygens (including phenoxy) is 1. The van der Waals surface area contributed by atoms with Crippen LogP contribution in [0.2, 0.25) is 0 Å². The summed E-state index contributed by atoms with van der Waals surface area (Å²) in [4.78, 5) is 19.0. The molecule has 1 fully saturated rings. The Morgan fingerprint density at radius 3 is 2.41 bits per heavy atom. The van der Waals surface area contributed by atoms with Gasteiger partial charge in [0.15, 0.2) is 5.96 Å². The molecule has 0 bridgehead atoms. The van der Waals surface area contributed by atoms with Gasteiger partial charge < -0.3 is 20.3 Å². The third-order valence-corrected chi connectivity index (χ3v) is 5.61. The molecule has 32 heavy (non-hydrogen) atoms. The SMILES string of the molecule is CCNC(=NCc1ccc(C(=O)N(CC)CC)cc1)NCc1ccccc1OCC1CC1.